The Kier molecular flexibility index (Phi) is 6.24. The van der Waals surface area contributed by atoms with Crippen molar-refractivity contribution in [1.82, 2.24) is 4.57 Å². The molecule has 0 aliphatic heterocycles. The van der Waals surface area contributed by atoms with Gasteiger partial charge in [-0.25, -0.2) is 0 Å². The van der Waals surface area contributed by atoms with Crippen LogP contribution in [0.3, 0.4) is 0 Å². The first-order valence-electron chi connectivity index (χ1n) is 9.01. The van der Waals surface area contributed by atoms with Gasteiger partial charge in [0.05, 0.1) is 17.5 Å². The molecule has 2 aromatic carbocycles. The summed E-state index contributed by atoms with van der Waals surface area (Å²) in [5, 5.41) is 29.4. The van der Waals surface area contributed by atoms with Gasteiger partial charge >= 0.3 is 17.6 Å². The predicted octanol–water partition coefficient (Wildman–Crippen LogP) is 3.43. The molecule has 3 rings (SSSR count). The summed E-state index contributed by atoms with van der Waals surface area (Å²) in [6.07, 6.45) is 0. The van der Waals surface area contributed by atoms with Crippen molar-refractivity contribution in [1.29, 1.82) is 0 Å². The van der Waals surface area contributed by atoms with Gasteiger partial charge in [0.25, 0.3) is 0 Å². The molecule has 0 bridgehead atoms. The maximum absolute atomic E-state index is 12.1. The number of nitrogens with zero attached hydrogens (tertiary/aromatic N) is 4. The average molecular weight is 426 g/mol. The summed E-state index contributed by atoms with van der Waals surface area (Å²) in [6.45, 7) is 0.848. The molecule has 0 saturated heterocycles. The van der Waals surface area contributed by atoms with Crippen LogP contribution in [0.4, 0.5) is 11.4 Å². The number of carbonyl (C=O) groups excluding carboxylic acids is 2. The summed E-state index contributed by atoms with van der Waals surface area (Å²) in [5.74, 6) is -1.84. The van der Waals surface area contributed by atoms with Crippen LogP contribution in [0.15, 0.2) is 52.7 Å². The number of esters is 1. The van der Waals surface area contributed by atoms with E-state index in [9.17, 15) is 24.8 Å². The number of fused-ring (bicyclic) bond motifs is 1. The van der Waals surface area contributed by atoms with Crippen molar-refractivity contribution < 1.29 is 29.1 Å². The van der Waals surface area contributed by atoms with Crippen LogP contribution >= 0.6 is 0 Å². The van der Waals surface area contributed by atoms with E-state index in [1.54, 1.807) is 37.3 Å². The zero-order chi connectivity index (χ0) is 22.5. The Morgan fingerprint density at radius 2 is 1.97 bits per heavy atom. The van der Waals surface area contributed by atoms with Crippen molar-refractivity contribution in [2.45, 2.75) is 13.5 Å². The second kappa shape index (κ2) is 9.03. The number of methoxy groups -OCH3 is 1. The topological polar surface area (TPSA) is 146 Å². The largest absolute Gasteiger partial charge is 0.493 e. The summed E-state index contributed by atoms with van der Waals surface area (Å²) >= 11 is 0. The van der Waals surface area contributed by atoms with Gasteiger partial charge < -0.3 is 14.6 Å². The lowest BCUT2D eigenvalue weighted by Gasteiger charge is -2.05. The number of ether oxygens (including phenoxy) is 2. The lowest BCUT2D eigenvalue weighted by molar-refractivity contribution is -0.385. The Morgan fingerprint density at radius 1 is 1.23 bits per heavy atom. The van der Waals surface area contributed by atoms with E-state index in [1.807, 2.05) is 0 Å². The summed E-state index contributed by atoms with van der Waals surface area (Å²) in [7, 11) is 1.22. The van der Waals surface area contributed by atoms with Crippen LogP contribution in [0.1, 0.15) is 5.56 Å². The SMILES string of the molecule is COC(=O)Cn1c(O)c(N=NC(=O)COc2ccc(C)cc2[N+](=O)[O-])c2ccccc21. The molecule has 1 N–H and O–H groups in total. The molecule has 0 fully saturated rings. The Labute approximate surface area is 175 Å². The molecule has 0 unspecified atom stereocenters. The summed E-state index contributed by atoms with van der Waals surface area (Å²) in [4.78, 5) is 34.3. The molecule has 3 aromatic rings. The number of hydrogen-bond donors (Lipinski definition) is 1. The van der Waals surface area contributed by atoms with Crippen molar-refractivity contribution in [3.63, 3.8) is 0 Å². The number of hydrogen-bond acceptors (Lipinski definition) is 8. The third-order valence-electron chi connectivity index (χ3n) is 4.36. The van der Waals surface area contributed by atoms with E-state index < -0.39 is 23.4 Å². The predicted molar refractivity (Wildman–Crippen MR) is 108 cm³/mol. The Balaban J connectivity index is 1.81. The number of rotatable bonds is 7. The molecule has 0 atom stereocenters. The van der Waals surface area contributed by atoms with Gasteiger partial charge in [0.15, 0.2) is 18.0 Å². The van der Waals surface area contributed by atoms with Crippen LogP contribution in [0.25, 0.3) is 10.9 Å². The minimum atomic E-state index is -0.820. The molecular formula is C20H18N4O7. The quantitative estimate of drug-likeness (QED) is 0.263. The molecule has 0 radical (unpaired) electrons. The minimum absolute atomic E-state index is 0.00540. The molecular weight excluding hydrogens is 408 g/mol. The van der Waals surface area contributed by atoms with Gasteiger partial charge in [0, 0.05) is 11.5 Å². The number of nitro benzene ring substituents is 1. The standard InChI is InChI=1S/C20H18N4O7/c1-12-7-8-16(15(9-12)24(28)29)31-11-17(25)21-22-19-13-5-3-4-6-14(13)23(20(19)27)10-18(26)30-2/h3-9,27H,10-11H2,1-2H3. The number of nitro groups is 1. The number of aromatic nitrogens is 1. The van der Waals surface area contributed by atoms with E-state index in [0.717, 1.165) is 0 Å². The number of aromatic hydroxyl groups is 1. The smallest absolute Gasteiger partial charge is 0.325 e. The molecule has 1 aromatic heterocycles. The summed E-state index contributed by atoms with van der Waals surface area (Å²) < 4.78 is 11.1. The second-order valence-corrected chi connectivity index (χ2v) is 6.46. The zero-order valence-electron chi connectivity index (χ0n) is 16.6. The van der Waals surface area contributed by atoms with Crippen LogP contribution in [0, 0.1) is 17.0 Å². The monoisotopic (exact) mass is 426 g/mol. The van der Waals surface area contributed by atoms with Crippen LogP contribution in [0.5, 0.6) is 11.6 Å². The molecule has 11 heteroatoms. The highest BCUT2D eigenvalue weighted by molar-refractivity contribution is 5.96. The zero-order valence-corrected chi connectivity index (χ0v) is 16.6. The molecule has 31 heavy (non-hydrogen) atoms. The third kappa shape index (κ3) is 4.66. The molecule has 0 spiro atoms. The van der Waals surface area contributed by atoms with Gasteiger partial charge in [-0.3, -0.25) is 24.3 Å². The highest BCUT2D eigenvalue weighted by atomic mass is 16.6. The molecule has 0 aliphatic carbocycles. The minimum Gasteiger partial charge on any atom is -0.493 e. The Hall–Kier alpha value is -4.28. The summed E-state index contributed by atoms with van der Waals surface area (Å²) in [5.41, 5.74) is 0.893. The fourth-order valence-corrected chi connectivity index (χ4v) is 2.89. The molecule has 1 heterocycles. The first-order valence-corrected chi connectivity index (χ1v) is 9.01. The second-order valence-electron chi connectivity index (χ2n) is 6.46. The normalized spacial score (nSPS) is 11.0. The summed E-state index contributed by atoms with van der Waals surface area (Å²) in [6, 6.07) is 11.1. The molecule has 0 aliphatic rings. The third-order valence-corrected chi connectivity index (χ3v) is 4.36. The van der Waals surface area contributed by atoms with Crippen LogP contribution in [-0.4, -0.2) is 40.2 Å². The fourth-order valence-electron chi connectivity index (χ4n) is 2.89. The van der Waals surface area contributed by atoms with Crippen molar-refractivity contribution in [2.24, 2.45) is 10.2 Å². The highest BCUT2D eigenvalue weighted by Gasteiger charge is 2.19. The van der Waals surface area contributed by atoms with Gasteiger partial charge in [-0.1, -0.05) is 24.3 Å². The Morgan fingerprint density at radius 3 is 2.68 bits per heavy atom. The first-order chi connectivity index (χ1) is 14.8. The van der Waals surface area contributed by atoms with E-state index >= 15 is 0 Å². The van der Waals surface area contributed by atoms with Crippen molar-refractivity contribution >= 4 is 34.2 Å². The van der Waals surface area contributed by atoms with E-state index in [-0.39, 0.29) is 29.5 Å². The van der Waals surface area contributed by atoms with Crippen LogP contribution in [-0.2, 0) is 20.9 Å². The fraction of sp³-hybridized carbons (Fsp3) is 0.200. The number of para-hydroxylation sites is 1. The molecule has 160 valence electrons. The maximum Gasteiger partial charge on any atom is 0.325 e. The number of amides is 1. The van der Waals surface area contributed by atoms with Crippen LogP contribution in [0.2, 0.25) is 0 Å². The highest BCUT2D eigenvalue weighted by Crippen LogP contribution is 2.38. The van der Waals surface area contributed by atoms with Crippen LogP contribution < -0.4 is 4.74 Å². The molecule has 0 saturated carbocycles. The Bertz CT molecular complexity index is 1200. The lowest BCUT2D eigenvalue weighted by Crippen LogP contribution is -2.10. The number of azo groups is 1. The van der Waals surface area contributed by atoms with E-state index in [1.165, 1.54) is 23.8 Å². The number of carbonyl (C=O) groups is 2. The van der Waals surface area contributed by atoms with Crippen molar-refractivity contribution in [2.75, 3.05) is 13.7 Å². The molecule has 11 nitrogen and oxygen atoms in total. The van der Waals surface area contributed by atoms with Gasteiger partial charge in [-0.15, -0.1) is 10.2 Å². The van der Waals surface area contributed by atoms with E-state index in [0.29, 0.717) is 16.5 Å². The molecule has 1 amide bonds. The van der Waals surface area contributed by atoms with Crippen molar-refractivity contribution in [3.05, 3.63) is 58.1 Å². The lowest BCUT2D eigenvalue weighted by atomic mass is 10.2. The number of aryl methyl sites for hydroxylation is 1. The van der Waals surface area contributed by atoms with Crippen molar-refractivity contribution in [3.8, 4) is 11.6 Å². The van der Waals surface area contributed by atoms with Gasteiger partial charge in [-0.2, -0.15) is 0 Å². The van der Waals surface area contributed by atoms with E-state index in [2.05, 4.69) is 15.0 Å². The van der Waals surface area contributed by atoms with Gasteiger partial charge in [0.2, 0.25) is 5.88 Å². The van der Waals surface area contributed by atoms with Gasteiger partial charge in [-0.05, 0) is 24.6 Å². The van der Waals surface area contributed by atoms with E-state index in [4.69, 9.17) is 4.74 Å². The first kappa shape index (κ1) is 21.4. The maximum atomic E-state index is 12.1. The van der Waals surface area contributed by atoms with Gasteiger partial charge in [0.1, 0.15) is 6.54 Å². The number of benzene rings is 2. The average Bonchev–Trinajstić information content (AvgIpc) is 3.02.